The van der Waals surface area contributed by atoms with E-state index in [1.165, 1.54) is 16.8 Å². The van der Waals surface area contributed by atoms with E-state index in [0.29, 0.717) is 28.1 Å². The van der Waals surface area contributed by atoms with Gasteiger partial charge in [0.25, 0.3) is 5.56 Å². The molecule has 0 bridgehead atoms. The molecule has 4 aromatic rings. The Balaban J connectivity index is 1.64. The van der Waals surface area contributed by atoms with Crippen molar-refractivity contribution in [3.05, 3.63) is 112 Å². The monoisotopic (exact) mass is 509 g/mol. The number of benzene rings is 2. The molecule has 0 saturated heterocycles. The first-order valence-electron chi connectivity index (χ1n) is 12.1. The lowest BCUT2D eigenvalue weighted by Crippen LogP contribution is -2.47. The molecule has 1 aliphatic carbocycles. The third-order valence-corrected chi connectivity index (χ3v) is 6.84. The second-order valence-corrected chi connectivity index (χ2v) is 9.39. The molecule has 3 N–H and O–H groups in total. The number of hydrogen-bond acceptors (Lipinski definition) is 5. The highest BCUT2D eigenvalue weighted by Gasteiger charge is 2.47. The summed E-state index contributed by atoms with van der Waals surface area (Å²) in [5.74, 6) is -1.39. The van der Waals surface area contributed by atoms with E-state index >= 15 is 0 Å². The van der Waals surface area contributed by atoms with Gasteiger partial charge in [0.05, 0.1) is 11.4 Å². The fourth-order valence-electron chi connectivity index (χ4n) is 4.47. The summed E-state index contributed by atoms with van der Waals surface area (Å²) in [4.78, 5) is 26.2. The number of aryl methyl sites for hydroxylation is 3. The molecule has 2 atom stereocenters. The van der Waals surface area contributed by atoms with Gasteiger partial charge in [0.1, 0.15) is 6.10 Å². The van der Waals surface area contributed by atoms with Gasteiger partial charge in [-0.25, -0.2) is 9.48 Å². The maximum Gasteiger partial charge on any atom is 0.340 e. The van der Waals surface area contributed by atoms with Crippen molar-refractivity contribution in [2.75, 3.05) is 0 Å². The smallest absolute Gasteiger partial charge is 0.340 e. The van der Waals surface area contributed by atoms with Crippen LogP contribution in [0.1, 0.15) is 16.7 Å². The van der Waals surface area contributed by atoms with Gasteiger partial charge in [-0.3, -0.25) is 9.89 Å². The van der Waals surface area contributed by atoms with E-state index in [2.05, 4.69) is 15.3 Å². The van der Waals surface area contributed by atoms with Crippen molar-refractivity contribution < 1.29 is 15.0 Å². The van der Waals surface area contributed by atoms with Gasteiger partial charge in [0.15, 0.2) is 5.69 Å². The van der Waals surface area contributed by atoms with Crippen LogP contribution >= 0.6 is 0 Å². The Bertz CT molecular complexity index is 1670. The summed E-state index contributed by atoms with van der Waals surface area (Å²) in [5, 5.41) is 32.9. The summed E-state index contributed by atoms with van der Waals surface area (Å²) in [6.07, 6.45) is 6.57. The summed E-state index contributed by atoms with van der Waals surface area (Å²) in [6, 6.07) is 16.4. The number of nitrogens with zero attached hydrogens (tertiary/aromatic N) is 4. The van der Waals surface area contributed by atoms with E-state index in [-0.39, 0.29) is 5.69 Å². The number of rotatable bonds is 6. The highest BCUT2D eigenvalue weighted by Crippen LogP contribution is 2.36. The number of carboxylic acids is 1. The van der Waals surface area contributed by atoms with E-state index in [1.807, 2.05) is 68.2 Å². The van der Waals surface area contributed by atoms with E-state index in [1.54, 1.807) is 30.3 Å². The van der Waals surface area contributed by atoms with Crippen LogP contribution in [0.2, 0.25) is 0 Å². The van der Waals surface area contributed by atoms with Gasteiger partial charge >= 0.3 is 5.97 Å². The van der Waals surface area contributed by atoms with Crippen LogP contribution in [0.4, 0.5) is 5.69 Å². The molecular weight excluding hydrogens is 482 g/mol. The van der Waals surface area contributed by atoms with Crippen molar-refractivity contribution in [2.45, 2.75) is 25.5 Å². The van der Waals surface area contributed by atoms with E-state index < -0.39 is 23.2 Å². The molecule has 0 amide bonds. The van der Waals surface area contributed by atoms with Crippen LogP contribution < -0.4 is 5.56 Å². The first-order chi connectivity index (χ1) is 18.2. The molecule has 192 valence electrons. The fraction of sp³-hybridized carbons (Fsp3) is 0.172. The van der Waals surface area contributed by atoms with Crippen molar-refractivity contribution in [2.24, 2.45) is 17.3 Å². The first-order valence-corrected chi connectivity index (χ1v) is 12.1. The Labute approximate surface area is 218 Å². The van der Waals surface area contributed by atoms with Crippen molar-refractivity contribution in [3.63, 3.8) is 0 Å². The largest absolute Gasteiger partial charge is 0.479 e. The number of carbonyl (C=O) groups is 1. The Hall–Kier alpha value is -4.76. The standard InChI is InChI=1S/C29H27N5O4/c1-18-11-12-22(16-19(18)2)34-27(36)25(24(31-34)21-13-15-33(3)17-21)30-32-29(28(37)38)14-7-10-23(26(29)35)20-8-5-4-6-9-20/h4-17,26,31,35H,1-3H3,(H,37,38). The normalized spacial score (nSPS) is 19.2. The van der Waals surface area contributed by atoms with Crippen LogP contribution in [0.5, 0.6) is 0 Å². The predicted octanol–water partition coefficient (Wildman–Crippen LogP) is 4.71. The zero-order valence-electron chi connectivity index (χ0n) is 21.2. The third-order valence-electron chi connectivity index (χ3n) is 6.84. The van der Waals surface area contributed by atoms with Crippen LogP contribution in [0.25, 0.3) is 22.5 Å². The molecule has 0 saturated carbocycles. The molecule has 0 fully saturated rings. The highest BCUT2D eigenvalue weighted by atomic mass is 16.4. The summed E-state index contributed by atoms with van der Waals surface area (Å²) >= 11 is 0. The van der Waals surface area contributed by atoms with Gasteiger partial charge in [-0.05, 0) is 60.4 Å². The molecule has 0 aliphatic heterocycles. The summed E-state index contributed by atoms with van der Waals surface area (Å²) < 4.78 is 3.18. The lowest BCUT2D eigenvalue weighted by molar-refractivity contribution is -0.144. The van der Waals surface area contributed by atoms with Gasteiger partial charge in [-0.15, -0.1) is 5.11 Å². The number of aliphatic hydroxyl groups is 1. The van der Waals surface area contributed by atoms with Crippen LogP contribution in [-0.2, 0) is 11.8 Å². The topological polar surface area (TPSA) is 125 Å². The molecular formula is C29H27N5O4. The maximum atomic E-state index is 13.6. The van der Waals surface area contributed by atoms with E-state index in [4.69, 9.17) is 0 Å². The van der Waals surface area contributed by atoms with E-state index in [9.17, 15) is 19.8 Å². The molecule has 2 aromatic heterocycles. The lowest BCUT2D eigenvalue weighted by atomic mass is 9.81. The van der Waals surface area contributed by atoms with Gasteiger partial charge in [0, 0.05) is 25.0 Å². The second kappa shape index (κ2) is 9.60. The second-order valence-electron chi connectivity index (χ2n) is 9.39. The van der Waals surface area contributed by atoms with Crippen molar-refractivity contribution >= 4 is 17.2 Å². The van der Waals surface area contributed by atoms with E-state index in [0.717, 1.165) is 11.1 Å². The van der Waals surface area contributed by atoms with Gasteiger partial charge in [0.2, 0.25) is 5.54 Å². The number of aromatic amines is 1. The Morgan fingerprint density at radius 3 is 2.47 bits per heavy atom. The lowest BCUT2D eigenvalue weighted by Gasteiger charge is -2.30. The summed E-state index contributed by atoms with van der Waals surface area (Å²) in [5.41, 5.74) is 2.12. The zero-order chi connectivity index (χ0) is 27.0. The Kier molecular flexibility index (Phi) is 6.30. The molecule has 38 heavy (non-hydrogen) atoms. The number of H-pyrrole nitrogens is 1. The number of hydrogen-bond donors (Lipinski definition) is 3. The molecule has 2 aromatic carbocycles. The Morgan fingerprint density at radius 1 is 1.05 bits per heavy atom. The van der Waals surface area contributed by atoms with Crippen molar-refractivity contribution in [1.29, 1.82) is 0 Å². The number of azo groups is 1. The molecule has 0 spiro atoms. The Morgan fingerprint density at radius 2 is 1.82 bits per heavy atom. The van der Waals surface area contributed by atoms with Crippen LogP contribution in [0.15, 0.2) is 100 Å². The molecule has 1 aliphatic rings. The number of aromatic nitrogens is 3. The zero-order valence-corrected chi connectivity index (χ0v) is 21.2. The third kappa shape index (κ3) is 4.22. The molecule has 0 radical (unpaired) electrons. The van der Waals surface area contributed by atoms with Crippen LogP contribution in [-0.4, -0.2) is 42.2 Å². The molecule has 2 unspecified atom stereocenters. The number of aliphatic hydroxyl groups excluding tert-OH is 1. The van der Waals surface area contributed by atoms with Crippen LogP contribution in [0.3, 0.4) is 0 Å². The average molecular weight is 510 g/mol. The molecule has 9 nitrogen and oxygen atoms in total. The number of nitrogens with one attached hydrogen (secondary N) is 1. The maximum absolute atomic E-state index is 13.6. The number of allylic oxidation sites excluding steroid dienone is 2. The average Bonchev–Trinajstić information content (AvgIpc) is 3.48. The molecule has 9 heteroatoms. The predicted molar refractivity (Wildman–Crippen MR) is 145 cm³/mol. The minimum Gasteiger partial charge on any atom is -0.479 e. The summed E-state index contributed by atoms with van der Waals surface area (Å²) in [7, 11) is 1.85. The first kappa shape index (κ1) is 24.9. The summed E-state index contributed by atoms with van der Waals surface area (Å²) in [6.45, 7) is 3.94. The van der Waals surface area contributed by atoms with Crippen LogP contribution in [0, 0.1) is 13.8 Å². The molecule has 2 heterocycles. The minimum atomic E-state index is -2.12. The van der Waals surface area contributed by atoms with Gasteiger partial charge < -0.3 is 14.8 Å². The minimum absolute atomic E-state index is 0.0635. The highest BCUT2D eigenvalue weighted by molar-refractivity contribution is 5.89. The van der Waals surface area contributed by atoms with Crippen molar-refractivity contribution in [3.8, 4) is 16.9 Å². The molecule has 5 rings (SSSR count). The number of carboxylic acid groups (broad SMARTS) is 1. The fourth-order valence-corrected chi connectivity index (χ4v) is 4.47. The SMILES string of the molecule is Cc1ccc(-n2[nH]c(-c3ccn(C)c3)c(N=NC3(C(=O)O)C=CC=C(c4ccccc4)C3O)c2=O)cc1C. The van der Waals surface area contributed by atoms with Gasteiger partial charge in [-0.1, -0.05) is 48.6 Å². The van der Waals surface area contributed by atoms with Gasteiger partial charge in [-0.2, -0.15) is 5.11 Å². The number of aliphatic carboxylic acids is 1. The van der Waals surface area contributed by atoms with Crippen molar-refractivity contribution in [1.82, 2.24) is 14.3 Å². The quantitative estimate of drug-likeness (QED) is 0.326.